The average Bonchev–Trinajstić information content (AvgIpc) is 2.56. The molecule has 2 rings (SSSR count). The van der Waals surface area contributed by atoms with Gasteiger partial charge in [-0.1, -0.05) is 46.3 Å². The van der Waals surface area contributed by atoms with E-state index in [0.717, 1.165) is 4.47 Å². The molecule has 0 fully saturated rings. The quantitative estimate of drug-likeness (QED) is 0.325. The van der Waals surface area contributed by atoms with E-state index >= 15 is 0 Å². The number of carbonyl (C=O) groups is 1. The number of hydrazone groups is 1. The lowest BCUT2D eigenvalue weighted by molar-refractivity contribution is 0.103. The van der Waals surface area contributed by atoms with Crippen molar-refractivity contribution in [3.8, 4) is 6.07 Å². The fourth-order valence-corrected chi connectivity index (χ4v) is 2.17. The summed E-state index contributed by atoms with van der Waals surface area (Å²) in [7, 11) is 0. The number of nitriles is 1. The number of carbonyl (C=O) groups excluding carboxylic acids is 1. The van der Waals surface area contributed by atoms with Crippen LogP contribution in [0.3, 0.4) is 0 Å². The number of anilines is 1. The van der Waals surface area contributed by atoms with Gasteiger partial charge in [0.05, 0.1) is 5.69 Å². The molecule has 0 atom stereocenters. The van der Waals surface area contributed by atoms with Crippen LogP contribution >= 0.6 is 15.9 Å². The molecule has 0 bridgehead atoms. The van der Waals surface area contributed by atoms with Gasteiger partial charge in [0.15, 0.2) is 11.6 Å². The van der Waals surface area contributed by atoms with Gasteiger partial charge in [-0.05, 0) is 18.2 Å². The van der Waals surface area contributed by atoms with Crippen LogP contribution in [0.1, 0.15) is 15.9 Å². The topological polar surface area (TPSA) is 115 Å². The van der Waals surface area contributed by atoms with Crippen molar-refractivity contribution in [2.45, 2.75) is 0 Å². The van der Waals surface area contributed by atoms with E-state index in [1.807, 2.05) is 6.07 Å². The van der Waals surface area contributed by atoms with Crippen LogP contribution in [-0.2, 0) is 0 Å². The van der Waals surface area contributed by atoms with Crippen molar-refractivity contribution in [3.63, 3.8) is 0 Å². The predicted molar refractivity (Wildman–Crippen MR) is 92.6 cm³/mol. The largest absolute Gasteiger partial charge is 0.382 e. The minimum atomic E-state index is -0.451. The van der Waals surface area contributed by atoms with Gasteiger partial charge in [0.1, 0.15) is 6.07 Å². The van der Waals surface area contributed by atoms with Crippen LogP contribution < -0.4 is 11.2 Å². The second-order valence-corrected chi connectivity index (χ2v) is 5.40. The van der Waals surface area contributed by atoms with E-state index in [9.17, 15) is 4.79 Å². The molecule has 0 amide bonds. The zero-order valence-electron chi connectivity index (χ0n) is 11.9. The molecule has 0 spiro atoms. The van der Waals surface area contributed by atoms with Gasteiger partial charge in [0.25, 0.3) is 0 Å². The highest BCUT2D eigenvalue weighted by atomic mass is 79.9. The molecule has 0 saturated carbocycles. The van der Waals surface area contributed by atoms with Crippen molar-refractivity contribution in [3.05, 3.63) is 64.1 Å². The van der Waals surface area contributed by atoms with Gasteiger partial charge in [-0.2, -0.15) is 10.4 Å². The number of hydrogen-bond acceptors (Lipinski definition) is 5. The lowest BCUT2D eigenvalue weighted by Gasteiger charge is -2.09. The Morgan fingerprint density at radius 2 is 1.96 bits per heavy atom. The van der Waals surface area contributed by atoms with E-state index in [4.69, 9.17) is 16.4 Å². The Morgan fingerprint density at radius 1 is 1.26 bits per heavy atom. The van der Waals surface area contributed by atoms with Crippen molar-refractivity contribution in [2.24, 2.45) is 10.8 Å². The van der Waals surface area contributed by atoms with E-state index in [2.05, 4.69) is 26.5 Å². The minimum absolute atomic E-state index is 0.189. The highest BCUT2D eigenvalue weighted by Gasteiger charge is 2.14. The number of nitrogens with zero attached hydrogens (tertiary/aromatic N) is 2. The number of benzene rings is 2. The third-order valence-electron chi connectivity index (χ3n) is 2.91. The maximum atomic E-state index is 12.6. The number of nitrogens with one attached hydrogen (secondary N) is 2. The highest BCUT2D eigenvalue weighted by molar-refractivity contribution is 9.10. The Hall–Kier alpha value is -2.98. The van der Waals surface area contributed by atoms with Gasteiger partial charge in [-0.25, -0.2) is 0 Å². The fourth-order valence-electron chi connectivity index (χ4n) is 1.81. The molecule has 4 N–H and O–H groups in total. The standard InChI is InChI=1S/C16H12BrN5O/c17-11-6-7-13(21-22-14(9-18)16(19)20)12(8-11)15(23)10-4-2-1-3-5-10/h1-8,21H,(H3,19,20)/b22-14+. The summed E-state index contributed by atoms with van der Waals surface area (Å²) in [5, 5.41) is 19.9. The zero-order chi connectivity index (χ0) is 16.8. The molecular weight excluding hydrogens is 358 g/mol. The van der Waals surface area contributed by atoms with Crippen LogP contribution in [0.4, 0.5) is 5.69 Å². The summed E-state index contributed by atoms with van der Waals surface area (Å²) < 4.78 is 0.735. The molecule has 0 aliphatic rings. The Kier molecular flexibility index (Phi) is 5.23. The minimum Gasteiger partial charge on any atom is -0.382 e. The maximum Gasteiger partial charge on any atom is 0.201 e. The van der Waals surface area contributed by atoms with Gasteiger partial charge in [-0.3, -0.25) is 15.6 Å². The third-order valence-corrected chi connectivity index (χ3v) is 3.40. The van der Waals surface area contributed by atoms with E-state index in [-0.39, 0.29) is 11.5 Å². The molecule has 6 nitrogen and oxygen atoms in total. The highest BCUT2D eigenvalue weighted by Crippen LogP contribution is 2.24. The van der Waals surface area contributed by atoms with E-state index in [0.29, 0.717) is 16.8 Å². The summed E-state index contributed by atoms with van der Waals surface area (Å²) in [5.74, 6) is -0.640. The molecule has 114 valence electrons. The predicted octanol–water partition coefficient (Wildman–Crippen LogP) is 2.91. The van der Waals surface area contributed by atoms with Gasteiger partial charge in [0.2, 0.25) is 5.71 Å². The molecular formula is C16H12BrN5O. The number of halogens is 1. The summed E-state index contributed by atoms with van der Waals surface area (Å²) >= 11 is 3.33. The lowest BCUT2D eigenvalue weighted by atomic mass is 10.0. The van der Waals surface area contributed by atoms with E-state index < -0.39 is 5.84 Å². The number of ketones is 1. The molecule has 0 aliphatic heterocycles. The Labute approximate surface area is 141 Å². The Morgan fingerprint density at radius 3 is 2.57 bits per heavy atom. The van der Waals surface area contributed by atoms with E-state index in [1.54, 1.807) is 48.5 Å². The number of nitrogens with two attached hydrogens (primary N) is 1. The van der Waals surface area contributed by atoms with E-state index in [1.165, 1.54) is 0 Å². The van der Waals surface area contributed by atoms with Crippen molar-refractivity contribution in [1.29, 1.82) is 10.7 Å². The van der Waals surface area contributed by atoms with Crippen LogP contribution in [0.5, 0.6) is 0 Å². The molecule has 0 unspecified atom stereocenters. The average molecular weight is 370 g/mol. The first kappa shape index (κ1) is 16.4. The first-order valence-electron chi connectivity index (χ1n) is 6.50. The van der Waals surface area contributed by atoms with Crippen molar-refractivity contribution >= 4 is 38.9 Å². The molecule has 2 aromatic rings. The summed E-state index contributed by atoms with van der Waals surface area (Å²) in [6.07, 6.45) is 0. The summed E-state index contributed by atoms with van der Waals surface area (Å²) in [4.78, 5) is 12.6. The van der Waals surface area contributed by atoms with Crippen LogP contribution in [0.2, 0.25) is 0 Å². The maximum absolute atomic E-state index is 12.6. The van der Waals surface area contributed by atoms with Crippen molar-refractivity contribution in [2.75, 3.05) is 5.43 Å². The first-order valence-corrected chi connectivity index (χ1v) is 7.29. The number of amidine groups is 1. The SMILES string of the molecule is N#C/C(=N\Nc1ccc(Br)cc1C(=O)c1ccccc1)C(=N)N. The molecule has 2 aromatic carbocycles. The van der Waals surface area contributed by atoms with Gasteiger partial charge in [-0.15, -0.1) is 0 Å². The molecule has 0 radical (unpaired) electrons. The Balaban J connectivity index is 2.41. The zero-order valence-corrected chi connectivity index (χ0v) is 13.5. The smallest absolute Gasteiger partial charge is 0.201 e. The van der Waals surface area contributed by atoms with Crippen LogP contribution in [0, 0.1) is 16.7 Å². The molecule has 0 aliphatic carbocycles. The summed E-state index contributed by atoms with van der Waals surface area (Å²) in [6.45, 7) is 0. The van der Waals surface area contributed by atoms with Crippen molar-refractivity contribution < 1.29 is 4.79 Å². The fraction of sp³-hybridized carbons (Fsp3) is 0. The van der Waals surface area contributed by atoms with Gasteiger partial charge in [0, 0.05) is 15.6 Å². The third kappa shape index (κ3) is 4.02. The van der Waals surface area contributed by atoms with Crippen LogP contribution in [0.15, 0.2) is 58.1 Å². The molecule has 23 heavy (non-hydrogen) atoms. The first-order chi connectivity index (χ1) is 11.0. The monoisotopic (exact) mass is 369 g/mol. The molecule has 0 aromatic heterocycles. The second kappa shape index (κ2) is 7.33. The molecule has 0 heterocycles. The van der Waals surface area contributed by atoms with Crippen molar-refractivity contribution in [1.82, 2.24) is 0 Å². The number of rotatable bonds is 5. The summed E-state index contributed by atoms with van der Waals surface area (Å²) in [5.41, 5.74) is 8.94. The van der Waals surface area contributed by atoms with Gasteiger partial charge < -0.3 is 5.73 Å². The van der Waals surface area contributed by atoms with Crippen LogP contribution in [-0.4, -0.2) is 17.3 Å². The van der Waals surface area contributed by atoms with Gasteiger partial charge >= 0.3 is 0 Å². The second-order valence-electron chi connectivity index (χ2n) is 4.48. The normalized spacial score (nSPS) is 10.7. The summed E-state index contributed by atoms with van der Waals surface area (Å²) in [6, 6.07) is 15.6. The molecule has 7 heteroatoms. The van der Waals surface area contributed by atoms with Crippen LogP contribution in [0.25, 0.3) is 0 Å². The lowest BCUT2D eigenvalue weighted by Crippen LogP contribution is -2.22. The molecule has 0 saturated heterocycles. The number of hydrogen-bond donors (Lipinski definition) is 3. The Bertz CT molecular complexity index is 824.